The maximum absolute atomic E-state index is 13.2. The third kappa shape index (κ3) is 4.88. The van der Waals surface area contributed by atoms with Crippen molar-refractivity contribution < 1.29 is 27.5 Å². The molecule has 1 aliphatic heterocycles. The molecule has 10 nitrogen and oxygen atoms in total. The van der Waals surface area contributed by atoms with Gasteiger partial charge in [0.25, 0.3) is 0 Å². The van der Waals surface area contributed by atoms with E-state index in [1.165, 1.54) is 7.11 Å². The third-order valence-electron chi connectivity index (χ3n) is 7.73. The molecule has 1 saturated carbocycles. The van der Waals surface area contributed by atoms with Gasteiger partial charge in [-0.05, 0) is 68.8 Å². The molecular weight excluding hydrogens is 532 g/mol. The molecule has 5 rings (SSSR count). The van der Waals surface area contributed by atoms with E-state index < -0.39 is 21.4 Å². The molecule has 11 heteroatoms. The van der Waals surface area contributed by atoms with Crippen LogP contribution in [0, 0.1) is 0 Å². The second-order valence-corrected chi connectivity index (χ2v) is 12.6. The van der Waals surface area contributed by atoms with Crippen LogP contribution in [-0.4, -0.2) is 77.8 Å². The predicted octanol–water partition coefficient (Wildman–Crippen LogP) is 3.79. The first-order valence-corrected chi connectivity index (χ1v) is 15.1. The largest absolute Gasteiger partial charge is 0.490 e. The molecule has 1 aliphatic carbocycles. The zero-order valence-corrected chi connectivity index (χ0v) is 24.2. The van der Waals surface area contributed by atoms with Crippen LogP contribution in [0.5, 0.6) is 5.75 Å². The van der Waals surface area contributed by atoms with Gasteiger partial charge < -0.3 is 19.3 Å². The third-order valence-corrected chi connectivity index (χ3v) is 8.32. The molecule has 1 aromatic heterocycles. The van der Waals surface area contributed by atoms with Gasteiger partial charge in [-0.2, -0.15) is 0 Å². The number of sulfonamides is 1. The number of methoxy groups -OCH3 is 1. The van der Waals surface area contributed by atoms with Crippen molar-refractivity contribution in [1.82, 2.24) is 9.88 Å². The normalized spacial score (nSPS) is 15.8. The number of likely N-dealkylation sites (N-methyl/N-ethyl adjacent to an activating group) is 1. The number of benzene rings is 2. The summed E-state index contributed by atoms with van der Waals surface area (Å²) in [6, 6.07) is 9.02. The van der Waals surface area contributed by atoms with Crippen LogP contribution in [0.3, 0.4) is 0 Å². The van der Waals surface area contributed by atoms with Crippen molar-refractivity contribution in [2.75, 3.05) is 57.3 Å². The number of fused-ring (bicyclic) bond motifs is 4. The van der Waals surface area contributed by atoms with Gasteiger partial charge in [-0.25, -0.2) is 13.2 Å². The van der Waals surface area contributed by atoms with Crippen LogP contribution in [0.2, 0.25) is 0 Å². The smallest absolute Gasteiger partial charge is 0.341 e. The molecule has 0 radical (unpaired) electrons. The molecule has 1 spiro atoms. The number of nitrogens with one attached hydrogen (secondary N) is 1. The van der Waals surface area contributed by atoms with Gasteiger partial charge in [0.2, 0.25) is 15.9 Å². The molecule has 0 saturated heterocycles. The van der Waals surface area contributed by atoms with E-state index in [0.717, 1.165) is 59.8 Å². The van der Waals surface area contributed by atoms with Gasteiger partial charge >= 0.3 is 5.97 Å². The molecule has 1 N–H and O–H groups in total. The van der Waals surface area contributed by atoms with Crippen LogP contribution in [0.4, 0.5) is 11.4 Å². The van der Waals surface area contributed by atoms with E-state index >= 15 is 0 Å². The zero-order chi connectivity index (χ0) is 28.8. The topological polar surface area (TPSA) is 118 Å². The molecule has 0 bridgehead atoms. The highest BCUT2D eigenvalue weighted by Crippen LogP contribution is 2.55. The lowest BCUT2D eigenvalue weighted by Crippen LogP contribution is -2.43. The quantitative estimate of drug-likeness (QED) is 0.307. The van der Waals surface area contributed by atoms with Gasteiger partial charge in [-0.1, -0.05) is 12.5 Å². The van der Waals surface area contributed by atoms with E-state index in [1.807, 2.05) is 37.2 Å². The summed E-state index contributed by atoms with van der Waals surface area (Å²) in [7, 11) is 3.24. The number of ether oxygens (including phenoxy) is 2. The molecule has 2 aromatic carbocycles. The standard InChI is InChI=1S/C29H34N4O6S/c1-32(2)12-7-13-39-26-21(27(34)38-4)15-19(16-23(26)31-40(5,36)37)18-8-9-22-20(14-18)25-24(17-30-22)33(3)28(35)29(25)10-6-11-29/h8-9,14-17,31H,6-7,10-13H2,1-5H3. The lowest BCUT2D eigenvalue weighted by Gasteiger charge is -2.37. The predicted molar refractivity (Wildman–Crippen MR) is 155 cm³/mol. The molecule has 40 heavy (non-hydrogen) atoms. The fourth-order valence-electron chi connectivity index (χ4n) is 5.69. The van der Waals surface area contributed by atoms with Gasteiger partial charge in [0.1, 0.15) is 5.56 Å². The number of carbonyl (C=O) groups excluding carboxylic acids is 2. The summed E-state index contributed by atoms with van der Waals surface area (Å²) in [5.74, 6) is -0.439. The molecule has 3 aromatic rings. The van der Waals surface area contributed by atoms with Crippen molar-refractivity contribution in [3.63, 3.8) is 0 Å². The molecule has 2 aliphatic rings. The summed E-state index contributed by atoms with van der Waals surface area (Å²) < 4.78 is 38.2. The minimum Gasteiger partial charge on any atom is -0.490 e. The van der Waals surface area contributed by atoms with Crippen molar-refractivity contribution in [1.29, 1.82) is 0 Å². The number of hydrogen-bond donors (Lipinski definition) is 1. The molecule has 1 amide bonds. The minimum atomic E-state index is -3.70. The Hall–Kier alpha value is -3.70. The second kappa shape index (κ2) is 10.4. The fourth-order valence-corrected chi connectivity index (χ4v) is 6.24. The molecule has 2 heterocycles. The lowest BCUT2D eigenvalue weighted by molar-refractivity contribution is -0.125. The minimum absolute atomic E-state index is 0.0943. The summed E-state index contributed by atoms with van der Waals surface area (Å²) in [6.07, 6.45) is 6.05. The summed E-state index contributed by atoms with van der Waals surface area (Å²) >= 11 is 0. The van der Waals surface area contributed by atoms with Crippen LogP contribution in [0.15, 0.2) is 36.5 Å². The number of amides is 1. The molecule has 0 unspecified atom stereocenters. The highest BCUT2D eigenvalue weighted by Gasteiger charge is 2.54. The molecular formula is C29H34N4O6S. The Bertz CT molecular complexity index is 1610. The first-order valence-electron chi connectivity index (χ1n) is 13.2. The number of anilines is 2. The first-order chi connectivity index (χ1) is 18.9. The average molecular weight is 567 g/mol. The second-order valence-electron chi connectivity index (χ2n) is 10.8. The van der Waals surface area contributed by atoms with Crippen LogP contribution in [-0.2, 0) is 25.0 Å². The zero-order valence-electron chi connectivity index (χ0n) is 23.4. The summed E-state index contributed by atoms with van der Waals surface area (Å²) in [5.41, 5.74) is 3.61. The van der Waals surface area contributed by atoms with Crippen LogP contribution in [0.25, 0.3) is 22.0 Å². The highest BCUT2D eigenvalue weighted by molar-refractivity contribution is 7.92. The van der Waals surface area contributed by atoms with Crippen LogP contribution in [0.1, 0.15) is 41.6 Å². The van der Waals surface area contributed by atoms with Crippen molar-refractivity contribution in [2.24, 2.45) is 0 Å². The summed E-state index contributed by atoms with van der Waals surface area (Å²) in [5, 5.41) is 0.869. The average Bonchev–Trinajstić information content (AvgIpc) is 3.12. The summed E-state index contributed by atoms with van der Waals surface area (Å²) in [4.78, 5) is 34.5. The Labute approximate surface area is 234 Å². The van der Waals surface area contributed by atoms with E-state index in [1.54, 1.807) is 30.3 Å². The number of aromatic nitrogens is 1. The number of hydrogen-bond acceptors (Lipinski definition) is 8. The van der Waals surface area contributed by atoms with Crippen molar-refractivity contribution in [3.8, 4) is 16.9 Å². The lowest BCUT2D eigenvalue weighted by atomic mass is 9.64. The maximum Gasteiger partial charge on any atom is 0.341 e. The van der Waals surface area contributed by atoms with Gasteiger partial charge in [-0.3, -0.25) is 14.5 Å². The van der Waals surface area contributed by atoms with E-state index in [4.69, 9.17) is 9.47 Å². The van der Waals surface area contributed by atoms with E-state index in [9.17, 15) is 18.0 Å². The summed E-state index contributed by atoms with van der Waals surface area (Å²) in [6.45, 7) is 1.03. The van der Waals surface area contributed by atoms with E-state index in [-0.39, 0.29) is 29.5 Å². The van der Waals surface area contributed by atoms with Gasteiger partial charge in [0, 0.05) is 24.5 Å². The Morgan fingerprint density at radius 1 is 1.18 bits per heavy atom. The van der Waals surface area contributed by atoms with E-state index in [0.29, 0.717) is 12.0 Å². The molecule has 1 fully saturated rings. The monoisotopic (exact) mass is 566 g/mol. The first kappa shape index (κ1) is 27.9. The van der Waals surface area contributed by atoms with Gasteiger partial charge in [0.15, 0.2) is 5.75 Å². The molecule has 0 atom stereocenters. The Morgan fingerprint density at radius 3 is 2.55 bits per heavy atom. The van der Waals surface area contributed by atoms with Gasteiger partial charge in [-0.15, -0.1) is 0 Å². The van der Waals surface area contributed by atoms with Crippen molar-refractivity contribution >= 4 is 44.2 Å². The number of pyridine rings is 1. The number of carbonyl (C=O) groups is 2. The Balaban J connectivity index is 1.66. The maximum atomic E-state index is 13.2. The van der Waals surface area contributed by atoms with Crippen molar-refractivity contribution in [3.05, 3.63) is 47.7 Å². The SMILES string of the molecule is COC(=O)c1cc(-c2ccc3ncc4c(c3c2)C2(CCC2)C(=O)N4C)cc(NS(C)(=O)=O)c1OCCCN(C)C. The van der Waals surface area contributed by atoms with Crippen molar-refractivity contribution in [2.45, 2.75) is 31.1 Å². The Kier molecular flexibility index (Phi) is 7.22. The number of esters is 1. The fraction of sp³-hybridized carbons (Fsp3) is 0.414. The Morgan fingerprint density at radius 2 is 1.93 bits per heavy atom. The van der Waals surface area contributed by atoms with E-state index in [2.05, 4.69) is 9.71 Å². The number of nitrogens with zero attached hydrogens (tertiary/aromatic N) is 3. The van der Waals surface area contributed by atoms with Crippen LogP contribution < -0.4 is 14.4 Å². The van der Waals surface area contributed by atoms with Gasteiger partial charge in [0.05, 0.1) is 48.5 Å². The highest BCUT2D eigenvalue weighted by atomic mass is 32.2. The van der Waals surface area contributed by atoms with Crippen LogP contribution >= 0.6 is 0 Å². The molecule has 212 valence electrons. The number of rotatable bonds is 9.